The van der Waals surface area contributed by atoms with Gasteiger partial charge in [-0.1, -0.05) is 11.8 Å². The molecule has 3 unspecified atom stereocenters. The highest BCUT2D eigenvalue weighted by Gasteiger charge is 2.54. The number of aryl methyl sites for hydroxylation is 1. The van der Waals surface area contributed by atoms with Crippen LogP contribution in [0.2, 0.25) is 0 Å². The largest absolute Gasteiger partial charge is 0.466 e. The molecule has 2 aromatic rings. The van der Waals surface area contributed by atoms with Crippen molar-refractivity contribution in [1.29, 1.82) is 5.26 Å². The Labute approximate surface area is 167 Å². The van der Waals surface area contributed by atoms with Crippen molar-refractivity contribution in [3.63, 3.8) is 0 Å². The van der Waals surface area contributed by atoms with Gasteiger partial charge in [0.2, 0.25) is 0 Å². The predicted octanol–water partition coefficient (Wildman–Crippen LogP) is 3.30. The molecule has 1 heterocycles. The number of rotatable bonds is 3. The number of hydrogen-bond acceptors (Lipinski definition) is 5. The maximum absolute atomic E-state index is 12.2. The molecule has 0 aliphatic heterocycles. The van der Waals surface area contributed by atoms with Crippen LogP contribution in [0.5, 0.6) is 0 Å². The van der Waals surface area contributed by atoms with E-state index in [1.807, 2.05) is 6.07 Å². The molecule has 0 N–H and O–H groups in total. The van der Waals surface area contributed by atoms with Gasteiger partial charge in [-0.25, -0.2) is 14.9 Å². The normalized spacial score (nSPS) is 21.9. The van der Waals surface area contributed by atoms with Gasteiger partial charge in [0.15, 0.2) is 0 Å². The molecule has 2 aliphatic carbocycles. The first kappa shape index (κ1) is 18.5. The van der Waals surface area contributed by atoms with Crippen molar-refractivity contribution in [2.24, 2.45) is 17.8 Å². The molecule has 4 rings (SSSR count). The second kappa shape index (κ2) is 7.30. The smallest absolute Gasteiger partial charge is 0.342 e. The Morgan fingerprint density at radius 2 is 2.31 bits per heavy atom. The van der Waals surface area contributed by atoms with Crippen molar-refractivity contribution in [3.8, 4) is 17.9 Å². The molecule has 1 aromatic carbocycles. The summed E-state index contributed by atoms with van der Waals surface area (Å²) in [5.41, 5.74) is 1.57. The first-order chi connectivity index (χ1) is 14.0. The zero-order valence-electron chi connectivity index (χ0n) is 15.7. The topological polar surface area (TPSA) is 84.7 Å². The van der Waals surface area contributed by atoms with Crippen molar-refractivity contribution in [3.05, 3.63) is 62.4 Å². The van der Waals surface area contributed by atoms with E-state index < -0.39 is 5.63 Å². The fourth-order valence-electron chi connectivity index (χ4n) is 3.86. The lowest BCUT2D eigenvalue weighted by Crippen LogP contribution is -2.08. The fraction of sp³-hybridized carbons (Fsp3) is 0.304. The van der Waals surface area contributed by atoms with Crippen molar-refractivity contribution in [2.75, 3.05) is 6.61 Å². The van der Waals surface area contributed by atoms with E-state index in [-0.39, 0.29) is 35.0 Å². The van der Waals surface area contributed by atoms with Crippen molar-refractivity contribution >= 4 is 23.0 Å². The van der Waals surface area contributed by atoms with Gasteiger partial charge in [0.25, 0.3) is 5.70 Å². The lowest BCUT2D eigenvalue weighted by molar-refractivity contribution is -0.145. The van der Waals surface area contributed by atoms with Crippen molar-refractivity contribution in [2.45, 2.75) is 19.8 Å². The summed E-state index contributed by atoms with van der Waals surface area (Å²) in [4.78, 5) is 27.4. The molecule has 29 heavy (non-hydrogen) atoms. The van der Waals surface area contributed by atoms with Crippen LogP contribution in [0.1, 0.15) is 30.0 Å². The average molecular weight is 384 g/mol. The minimum absolute atomic E-state index is 0.0236. The van der Waals surface area contributed by atoms with Crippen LogP contribution in [0, 0.1) is 47.5 Å². The predicted molar refractivity (Wildman–Crippen MR) is 105 cm³/mol. The highest BCUT2D eigenvalue weighted by Crippen LogP contribution is 2.50. The van der Waals surface area contributed by atoms with Crippen molar-refractivity contribution < 1.29 is 13.9 Å². The second-order valence-electron chi connectivity index (χ2n) is 7.07. The molecule has 1 saturated carbocycles. The first-order valence-corrected chi connectivity index (χ1v) is 9.34. The van der Waals surface area contributed by atoms with Gasteiger partial charge < -0.3 is 9.15 Å². The zero-order valence-corrected chi connectivity index (χ0v) is 15.7. The monoisotopic (exact) mass is 384 g/mol. The number of allylic oxidation sites excluding steroid dienone is 1. The highest BCUT2D eigenvalue weighted by atomic mass is 16.5. The van der Waals surface area contributed by atoms with E-state index in [9.17, 15) is 9.59 Å². The summed E-state index contributed by atoms with van der Waals surface area (Å²) in [5.74, 6) is 6.24. The molecule has 0 spiro atoms. The SMILES string of the molecule is [C-]#[N+]/C(C#N)=C/c1cc2cc3c(cc2oc1=O)C#CC1C(CC3)C1C(=O)OCC. The molecular weight excluding hydrogens is 368 g/mol. The molecule has 6 heteroatoms. The summed E-state index contributed by atoms with van der Waals surface area (Å²) in [6.45, 7) is 9.12. The van der Waals surface area contributed by atoms with E-state index in [4.69, 9.17) is 21.0 Å². The van der Waals surface area contributed by atoms with Gasteiger partial charge in [-0.05, 0) is 55.5 Å². The molecule has 3 atom stereocenters. The van der Waals surface area contributed by atoms with E-state index in [1.165, 1.54) is 6.08 Å². The average Bonchev–Trinajstić information content (AvgIpc) is 3.39. The molecule has 0 radical (unpaired) electrons. The minimum Gasteiger partial charge on any atom is -0.466 e. The van der Waals surface area contributed by atoms with E-state index in [1.54, 1.807) is 25.1 Å². The summed E-state index contributed by atoms with van der Waals surface area (Å²) in [6.07, 6.45) is 2.82. The molecule has 0 amide bonds. The van der Waals surface area contributed by atoms with Gasteiger partial charge in [0, 0.05) is 16.9 Å². The molecule has 0 bridgehead atoms. The molecule has 1 fully saturated rings. The zero-order chi connectivity index (χ0) is 20.5. The van der Waals surface area contributed by atoms with Crippen LogP contribution >= 0.6 is 0 Å². The standard InChI is InChI=1S/C23H16N2O4/c1-3-28-23(27)21-18-6-4-13-8-15-9-16(10-17(12-24)25-2)22(26)29-20(15)11-14(13)5-7-19(18)21/h8-11,18-19,21H,3-4,6H2,1H3/b17-10+. The van der Waals surface area contributed by atoms with E-state index in [0.29, 0.717) is 17.6 Å². The summed E-state index contributed by atoms with van der Waals surface area (Å²) >= 11 is 0. The van der Waals surface area contributed by atoms with Gasteiger partial charge in [0.05, 0.1) is 30.7 Å². The van der Waals surface area contributed by atoms with Crippen LogP contribution in [0.25, 0.3) is 21.9 Å². The van der Waals surface area contributed by atoms with Gasteiger partial charge in [0.1, 0.15) is 5.58 Å². The maximum atomic E-state index is 12.2. The number of hydrogen-bond donors (Lipinski definition) is 0. The number of carbonyl (C=O) groups excluding carboxylic acids is 1. The minimum atomic E-state index is -0.614. The second-order valence-corrected chi connectivity index (χ2v) is 7.07. The molecule has 2 aliphatic rings. The number of esters is 1. The van der Waals surface area contributed by atoms with Crippen LogP contribution in [0.3, 0.4) is 0 Å². The third-order valence-electron chi connectivity index (χ3n) is 5.36. The summed E-state index contributed by atoms with van der Waals surface area (Å²) in [6, 6.07) is 7.03. The van der Waals surface area contributed by atoms with E-state index in [0.717, 1.165) is 24.0 Å². The molecular formula is C23H16N2O4. The van der Waals surface area contributed by atoms with Crippen molar-refractivity contribution in [1.82, 2.24) is 0 Å². The number of fused-ring (bicyclic) bond motifs is 3. The third-order valence-corrected chi connectivity index (χ3v) is 5.36. The Morgan fingerprint density at radius 3 is 3.03 bits per heavy atom. The summed E-state index contributed by atoms with van der Waals surface area (Å²) in [7, 11) is 0. The van der Waals surface area contributed by atoms with Crippen LogP contribution in [0.4, 0.5) is 0 Å². The summed E-state index contributed by atoms with van der Waals surface area (Å²) in [5, 5.41) is 9.62. The van der Waals surface area contributed by atoms with Gasteiger partial charge >= 0.3 is 11.6 Å². The Hall–Kier alpha value is -3.82. The molecule has 1 aromatic heterocycles. The van der Waals surface area contributed by atoms with Crippen LogP contribution < -0.4 is 5.63 Å². The fourth-order valence-corrected chi connectivity index (χ4v) is 3.86. The number of nitrogens with zero attached hydrogens (tertiary/aromatic N) is 2. The van der Waals surface area contributed by atoms with Crippen LogP contribution in [-0.2, 0) is 16.0 Å². The van der Waals surface area contributed by atoms with E-state index >= 15 is 0 Å². The van der Waals surface area contributed by atoms with Gasteiger partial charge in [-0.15, -0.1) is 0 Å². The van der Waals surface area contributed by atoms with Gasteiger partial charge in [-0.2, -0.15) is 0 Å². The Balaban J connectivity index is 1.71. The number of benzene rings is 1. The lowest BCUT2D eigenvalue weighted by Gasteiger charge is -2.09. The molecule has 6 nitrogen and oxygen atoms in total. The summed E-state index contributed by atoms with van der Waals surface area (Å²) < 4.78 is 10.5. The number of nitriles is 1. The van der Waals surface area contributed by atoms with Crippen LogP contribution in [0.15, 0.2) is 33.1 Å². The molecule has 0 saturated heterocycles. The number of carbonyl (C=O) groups is 1. The Kier molecular flexibility index (Phi) is 4.67. The molecule has 142 valence electrons. The Bertz CT molecular complexity index is 1240. The number of ether oxygens (including phenoxy) is 1. The lowest BCUT2D eigenvalue weighted by atomic mass is 9.96. The third kappa shape index (κ3) is 3.40. The van der Waals surface area contributed by atoms with Gasteiger partial charge in [-0.3, -0.25) is 4.79 Å². The highest BCUT2D eigenvalue weighted by molar-refractivity contribution is 5.82. The first-order valence-electron chi connectivity index (χ1n) is 9.34. The quantitative estimate of drug-likeness (QED) is 0.267. The van der Waals surface area contributed by atoms with Crippen LogP contribution in [-0.4, -0.2) is 12.6 Å². The van der Waals surface area contributed by atoms with E-state index in [2.05, 4.69) is 16.7 Å². The maximum Gasteiger partial charge on any atom is 0.342 e. The Morgan fingerprint density at radius 1 is 1.48 bits per heavy atom.